The number of hydrogen-bond acceptors (Lipinski definition) is 2. The Labute approximate surface area is 150 Å². The Hall–Kier alpha value is -2.30. The van der Waals surface area contributed by atoms with Gasteiger partial charge in [0.1, 0.15) is 0 Å². The first-order valence-corrected chi connectivity index (χ1v) is 9.17. The number of rotatable bonds is 6. The van der Waals surface area contributed by atoms with E-state index in [-0.39, 0.29) is 0 Å². The van der Waals surface area contributed by atoms with Crippen LogP contribution < -0.4 is 10.6 Å². The Bertz CT molecular complexity index is 684. The number of nitrogens with one attached hydrogen (secondary N) is 2. The Morgan fingerprint density at radius 3 is 2.60 bits per heavy atom. The number of hydrogen-bond donors (Lipinski definition) is 2. The van der Waals surface area contributed by atoms with Crippen LogP contribution in [-0.2, 0) is 13.1 Å². The van der Waals surface area contributed by atoms with E-state index in [1.807, 2.05) is 30.2 Å². The van der Waals surface area contributed by atoms with Crippen LogP contribution in [0, 0.1) is 5.41 Å². The monoisotopic (exact) mass is 339 g/mol. The fraction of sp³-hybridized carbons (Fsp3) is 0.500. The summed E-state index contributed by atoms with van der Waals surface area (Å²) in [6.45, 7) is 4.91. The van der Waals surface area contributed by atoms with Crippen LogP contribution in [0.25, 0.3) is 0 Å². The predicted molar refractivity (Wildman–Crippen MR) is 103 cm³/mol. The quantitative estimate of drug-likeness (QED) is 0.628. The largest absolute Gasteiger partial charge is 0.356 e. The molecule has 1 aromatic heterocycles. The molecule has 0 amide bonds. The van der Waals surface area contributed by atoms with Gasteiger partial charge in [-0.1, -0.05) is 44.0 Å². The van der Waals surface area contributed by atoms with E-state index in [0.717, 1.165) is 25.6 Å². The third-order valence-electron chi connectivity index (χ3n) is 5.17. The van der Waals surface area contributed by atoms with E-state index in [9.17, 15) is 0 Å². The first-order valence-electron chi connectivity index (χ1n) is 9.17. The Kier molecular flexibility index (Phi) is 5.74. The Morgan fingerprint density at radius 2 is 1.92 bits per heavy atom. The van der Waals surface area contributed by atoms with Gasteiger partial charge >= 0.3 is 0 Å². The van der Waals surface area contributed by atoms with Crippen molar-refractivity contribution in [2.75, 3.05) is 13.6 Å². The molecule has 134 valence electrons. The molecule has 1 aliphatic rings. The summed E-state index contributed by atoms with van der Waals surface area (Å²) in [4.78, 5) is 4.38. The highest BCUT2D eigenvalue weighted by Gasteiger charge is 2.28. The van der Waals surface area contributed by atoms with E-state index in [1.165, 1.54) is 36.8 Å². The molecular formula is C20H29N5. The predicted octanol–water partition coefficient (Wildman–Crippen LogP) is 3.18. The summed E-state index contributed by atoms with van der Waals surface area (Å²) in [5, 5.41) is 11.3. The molecule has 0 radical (unpaired) electrons. The molecule has 0 unspecified atom stereocenters. The second kappa shape index (κ2) is 8.19. The zero-order chi connectivity index (χ0) is 17.5. The van der Waals surface area contributed by atoms with Crippen molar-refractivity contribution in [2.45, 2.75) is 45.7 Å². The van der Waals surface area contributed by atoms with Crippen LogP contribution >= 0.6 is 0 Å². The molecule has 0 saturated heterocycles. The van der Waals surface area contributed by atoms with Crippen molar-refractivity contribution in [3.63, 3.8) is 0 Å². The van der Waals surface area contributed by atoms with Crippen LogP contribution in [0.1, 0.15) is 43.7 Å². The minimum absolute atomic E-state index is 0.412. The molecule has 0 spiro atoms. The highest BCUT2D eigenvalue weighted by atomic mass is 15.3. The maximum atomic E-state index is 4.38. The van der Waals surface area contributed by atoms with Gasteiger partial charge in [0.2, 0.25) is 0 Å². The van der Waals surface area contributed by atoms with Crippen molar-refractivity contribution in [1.82, 2.24) is 20.4 Å². The smallest absolute Gasteiger partial charge is 0.191 e. The van der Waals surface area contributed by atoms with Gasteiger partial charge in [-0.3, -0.25) is 9.67 Å². The maximum absolute atomic E-state index is 4.38. The fourth-order valence-corrected chi connectivity index (χ4v) is 3.55. The molecule has 0 atom stereocenters. The van der Waals surface area contributed by atoms with Gasteiger partial charge in [-0.2, -0.15) is 5.10 Å². The van der Waals surface area contributed by atoms with Crippen molar-refractivity contribution in [3.8, 4) is 0 Å². The molecule has 1 saturated carbocycles. The van der Waals surface area contributed by atoms with E-state index in [0.29, 0.717) is 5.41 Å². The van der Waals surface area contributed by atoms with Gasteiger partial charge in [-0.05, 0) is 35.4 Å². The average molecular weight is 339 g/mol. The number of aromatic nitrogens is 2. The van der Waals surface area contributed by atoms with Crippen molar-refractivity contribution >= 4 is 5.96 Å². The van der Waals surface area contributed by atoms with E-state index in [4.69, 9.17) is 0 Å². The zero-order valence-corrected chi connectivity index (χ0v) is 15.3. The molecule has 1 fully saturated rings. The molecule has 5 heteroatoms. The summed E-state index contributed by atoms with van der Waals surface area (Å²) in [6, 6.07) is 10.4. The van der Waals surface area contributed by atoms with Crippen molar-refractivity contribution in [2.24, 2.45) is 10.4 Å². The van der Waals surface area contributed by atoms with Crippen molar-refractivity contribution in [3.05, 3.63) is 53.9 Å². The van der Waals surface area contributed by atoms with Gasteiger partial charge in [-0.25, -0.2) is 0 Å². The van der Waals surface area contributed by atoms with E-state index >= 15 is 0 Å². The molecule has 1 aromatic carbocycles. The standard InChI is InChI=1S/C20H29N5/c1-20(10-5-6-11-20)16-23-19(21-2)22-14-17-8-3-4-9-18(17)15-25-13-7-12-24-25/h3-4,7-9,12-13H,5-6,10-11,14-16H2,1-2H3,(H2,21,22,23). The van der Waals surface area contributed by atoms with E-state index in [2.05, 4.69) is 51.9 Å². The van der Waals surface area contributed by atoms with E-state index in [1.54, 1.807) is 0 Å². The average Bonchev–Trinajstić information content (AvgIpc) is 3.28. The minimum Gasteiger partial charge on any atom is -0.356 e. The highest BCUT2D eigenvalue weighted by Crippen LogP contribution is 2.36. The molecule has 0 bridgehead atoms. The lowest BCUT2D eigenvalue weighted by atomic mass is 9.89. The summed E-state index contributed by atoms with van der Waals surface area (Å²) in [5.74, 6) is 0.877. The molecule has 3 rings (SSSR count). The molecular weight excluding hydrogens is 310 g/mol. The topological polar surface area (TPSA) is 54.2 Å². The van der Waals surface area contributed by atoms with Crippen LogP contribution in [0.3, 0.4) is 0 Å². The van der Waals surface area contributed by atoms with Gasteiger partial charge in [0.25, 0.3) is 0 Å². The highest BCUT2D eigenvalue weighted by molar-refractivity contribution is 5.79. The second-order valence-corrected chi connectivity index (χ2v) is 7.27. The van der Waals surface area contributed by atoms with Crippen molar-refractivity contribution < 1.29 is 0 Å². The number of guanidine groups is 1. The van der Waals surface area contributed by atoms with Crippen LogP contribution in [0.4, 0.5) is 0 Å². The van der Waals surface area contributed by atoms with E-state index < -0.39 is 0 Å². The summed E-state index contributed by atoms with van der Waals surface area (Å²) < 4.78 is 1.95. The first-order chi connectivity index (χ1) is 12.2. The van der Waals surface area contributed by atoms with Crippen LogP contribution in [-0.4, -0.2) is 29.3 Å². The van der Waals surface area contributed by atoms with Gasteiger partial charge in [0.15, 0.2) is 5.96 Å². The molecule has 1 aliphatic carbocycles. The van der Waals surface area contributed by atoms with Gasteiger partial charge in [-0.15, -0.1) is 0 Å². The maximum Gasteiger partial charge on any atom is 0.191 e. The molecule has 2 N–H and O–H groups in total. The van der Waals surface area contributed by atoms with Crippen LogP contribution in [0.2, 0.25) is 0 Å². The molecule has 25 heavy (non-hydrogen) atoms. The lowest BCUT2D eigenvalue weighted by Crippen LogP contribution is -2.41. The second-order valence-electron chi connectivity index (χ2n) is 7.27. The fourth-order valence-electron chi connectivity index (χ4n) is 3.55. The first kappa shape index (κ1) is 17.5. The Balaban J connectivity index is 1.56. The minimum atomic E-state index is 0.412. The third-order valence-corrected chi connectivity index (χ3v) is 5.17. The third kappa shape index (κ3) is 4.84. The van der Waals surface area contributed by atoms with Crippen molar-refractivity contribution in [1.29, 1.82) is 0 Å². The Morgan fingerprint density at radius 1 is 1.16 bits per heavy atom. The summed E-state index contributed by atoms with van der Waals surface area (Å²) >= 11 is 0. The SMILES string of the molecule is CN=C(NCc1ccccc1Cn1cccn1)NCC1(C)CCCC1. The molecule has 1 heterocycles. The summed E-state index contributed by atoms with van der Waals surface area (Å²) in [7, 11) is 1.84. The van der Waals surface area contributed by atoms with Crippen LogP contribution in [0.5, 0.6) is 0 Å². The lowest BCUT2D eigenvalue weighted by Gasteiger charge is -2.25. The zero-order valence-electron chi connectivity index (χ0n) is 15.3. The number of benzene rings is 1. The number of nitrogens with zero attached hydrogens (tertiary/aromatic N) is 3. The lowest BCUT2D eigenvalue weighted by molar-refractivity contribution is 0.334. The van der Waals surface area contributed by atoms with Crippen LogP contribution in [0.15, 0.2) is 47.7 Å². The molecule has 5 nitrogen and oxygen atoms in total. The van der Waals surface area contributed by atoms with Gasteiger partial charge in [0.05, 0.1) is 6.54 Å². The van der Waals surface area contributed by atoms with Gasteiger partial charge in [0, 0.05) is 32.5 Å². The number of aliphatic imine (C=N–C) groups is 1. The normalized spacial score (nSPS) is 16.8. The molecule has 0 aliphatic heterocycles. The summed E-state index contributed by atoms with van der Waals surface area (Å²) in [5.41, 5.74) is 2.96. The van der Waals surface area contributed by atoms with Gasteiger partial charge < -0.3 is 10.6 Å². The summed E-state index contributed by atoms with van der Waals surface area (Å²) in [6.07, 6.45) is 9.13. The molecule has 2 aromatic rings.